The minimum atomic E-state index is -0.557. The number of furan rings is 1. The Morgan fingerprint density at radius 3 is 3.00 bits per heavy atom. The molecule has 0 aliphatic carbocycles. The minimum absolute atomic E-state index is 0.0612. The summed E-state index contributed by atoms with van der Waals surface area (Å²) in [5.74, 6) is -0.212. The van der Waals surface area contributed by atoms with Crippen molar-refractivity contribution in [2.24, 2.45) is 0 Å². The highest BCUT2D eigenvalue weighted by atomic mass is 16.3. The fourth-order valence-electron chi connectivity index (χ4n) is 2.15. The average molecular weight is 265 g/mol. The van der Waals surface area contributed by atoms with Crippen LogP contribution in [0.4, 0.5) is 0 Å². The Kier molecular flexibility index (Phi) is 4.21. The van der Waals surface area contributed by atoms with E-state index in [-0.39, 0.29) is 23.6 Å². The van der Waals surface area contributed by atoms with Crippen molar-refractivity contribution in [3.63, 3.8) is 0 Å². The normalized spacial score (nSPS) is 20.9. The molecule has 1 aromatic heterocycles. The smallest absolute Gasteiger partial charge is 0.287 e. The summed E-state index contributed by atoms with van der Waals surface area (Å²) in [7, 11) is 0. The van der Waals surface area contributed by atoms with Crippen molar-refractivity contribution < 1.29 is 14.0 Å². The van der Waals surface area contributed by atoms with Gasteiger partial charge in [-0.05, 0) is 26.0 Å². The molecule has 104 valence electrons. The Hall–Kier alpha value is -1.82. The highest BCUT2D eigenvalue weighted by Gasteiger charge is 2.28. The predicted octanol–water partition coefficient (Wildman–Crippen LogP) is 0.218. The fraction of sp³-hybridized carbons (Fsp3) is 0.538. The second kappa shape index (κ2) is 5.88. The van der Waals surface area contributed by atoms with Crippen LogP contribution in [0.25, 0.3) is 0 Å². The summed E-state index contributed by atoms with van der Waals surface area (Å²) in [6.07, 6.45) is 1.43. The van der Waals surface area contributed by atoms with Gasteiger partial charge in [0.15, 0.2) is 5.76 Å². The maximum absolute atomic E-state index is 12.3. The molecule has 2 atom stereocenters. The zero-order valence-corrected chi connectivity index (χ0v) is 11.2. The van der Waals surface area contributed by atoms with Gasteiger partial charge < -0.3 is 20.0 Å². The summed E-state index contributed by atoms with van der Waals surface area (Å²) >= 11 is 0. The third kappa shape index (κ3) is 3.14. The van der Waals surface area contributed by atoms with Crippen LogP contribution >= 0.6 is 0 Å². The summed E-state index contributed by atoms with van der Waals surface area (Å²) in [5, 5.41) is 5.88. The molecule has 0 radical (unpaired) electrons. The number of nitrogens with zero attached hydrogens (tertiary/aromatic N) is 1. The van der Waals surface area contributed by atoms with E-state index in [0.29, 0.717) is 6.54 Å². The zero-order valence-electron chi connectivity index (χ0n) is 11.2. The standard InChI is InChI=1S/C13H19N3O3/c1-9-8-14-5-6-16(9)13(18)10(2)15-12(17)11-4-3-7-19-11/h3-4,7,9-10,14H,5-6,8H2,1-2H3,(H,15,17)/t9-,10?/m1/s1. The van der Waals surface area contributed by atoms with Crippen molar-refractivity contribution in [3.8, 4) is 0 Å². The van der Waals surface area contributed by atoms with Crippen molar-refractivity contribution in [3.05, 3.63) is 24.2 Å². The first-order valence-corrected chi connectivity index (χ1v) is 6.45. The number of carbonyl (C=O) groups excluding carboxylic acids is 2. The number of hydrogen-bond acceptors (Lipinski definition) is 4. The van der Waals surface area contributed by atoms with E-state index >= 15 is 0 Å². The number of nitrogens with one attached hydrogen (secondary N) is 2. The van der Waals surface area contributed by atoms with Crippen LogP contribution in [0.1, 0.15) is 24.4 Å². The quantitative estimate of drug-likeness (QED) is 0.820. The van der Waals surface area contributed by atoms with Gasteiger partial charge in [0, 0.05) is 25.7 Å². The van der Waals surface area contributed by atoms with Crippen molar-refractivity contribution in [1.29, 1.82) is 0 Å². The number of rotatable bonds is 3. The minimum Gasteiger partial charge on any atom is -0.459 e. The zero-order chi connectivity index (χ0) is 13.8. The van der Waals surface area contributed by atoms with Gasteiger partial charge in [-0.1, -0.05) is 0 Å². The lowest BCUT2D eigenvalue weighted by molar-refractivity contribution is -0.135. The third-order valence-electron chi connectivity index (χ3n) is 3.25. The molecule has 2 heterocycles. The molecule has 2 rings (SSSR count). The van der Waals surface area contributed by atoms with Gasteiger partial charge in [-0.2, -0.15) is 0 Å². The number of amides is 2. The second-order valence-electron chi connectivity index (χ2n) is 4.76. The number of carbonyl (C=O) groups is 2. The van der Waals surface area contributed by atoms with E-state index in [1.54, 1.807) is 24.0 Å². The van der Waals surface area contributed by atoms with Gasteiger partial charge in [0.1, 0.15) is 6.04 Å². The second-order valence-corrected chi connectivity index (χ2v) is 4.76. The molecule has 19 heavy (non-hydrogen) atoms. The molecule has 2 N–H and O–H groups in total. The molecule has 0 spiro atoms. The molecule has 2 amide bonds. The first-order chi connectivity index (χ1) is 9.09. The molecule has 1 saturated heterocycles. The Morgan fingerprint density at radius 1 is 1.58 bits per heavy atom. The third-order valence-corrected chi connectivity index (χ3v) is 3.25. The van der Waals surface area contributed by atoms with Crippen molar-refractivity contribution in [2.75, 3.05) is 19.6 Å². The van der Waals surface area contributed by atoms with Gasteiger partial charge in [0.2, 0.25) is 5.91 Å². The van der Waals surface area contributed by atoms with Crippen LogP contribution in [0, 0.1) is 0 Å². The Bertz CT molecular complexity index is 444. The first-order valence-electron chi connectivity index (χ1n) is 6.45. The van der Waals surface area contributed by atoms with Crippen LogP contribution in [0.5, 0.6) is 0 Å². The summed E-state index contributed by atoms with van der Waals surface area (Å²) in [6.45, 7) is 5.92. The van der Waals surface area contributed by atoms with Crippen molar-refractivity contribution in [2.45, 2.75) is 25.9 Å². The molecule has 0 aromatic carbocycles. The molecule has 6 heteroatoms. The molecular weight excluding hydrogens is 246 g/mol. The highest BCUT2D eigenvalue weighted by Crippen LogP contribution is 2.06. The van der Waals surface area contributed by atoms with Gasteiger partial charge in [0.25, 0.3) is 5.91 Å². The van der Waals surface area contributed by atoms with E-state index in [2.05, 4.69) is 10.6 Å². The molecule has 0 saturated carbocycles. The topological polar surface area (TPSA) is 74.6 Å². The molecule has 1 fully saturated rings. The molecule has 1 aliphatic heterocycles. The van der Waals surface area contributed by atoms with Crippen molar-refractivity contribution in [1.82, 2.24) is 15.5 Å². The Morgan fingerprint density at radius 2 is 2.37 bits per heavy atom. The summed E-state index contributed by atoms with van der Waals surface area (Å²) in [6, 6.07) is 2.79. The Balaban J connectivity index is 1.93. The van der Waals surface area contributed by atoms with Gasteiger partial charge in [-0.25, -0.2) is 0 Å². The summed E-state index contributed by atoms with van der Waals surface area (Å²) in [4.78, 5) is 25.9. The molecular formula is C13H19N3O3. The van der Waals surface area contributed by atoms with Gasteiger partial charge in [-0.15, -0.1) is 0 Å². The lowest BCUT2D eigenvalue weighted by Crippen LogP contribution is -2.57. The van der Waals surface area contributed by atoms with Crippen LogP contribution in [0.15, 0.2) is 22.8 Å². The highest BCUT2D eigenvalue weighted by molar-refractivity contribution is 5.95. The first kappa shape index (κ1) is 13.6. The van der Waals surface area contributed by atoms with E-state index in [0.717, 1.165) is 13.1 Å². The monoisotopic (exact) mass is 265 g/mol. The average Bonchev–Trinajstić information content (AvgIpc) is 2.92. The van der Waals surface area contributed by atoms with E-state index in [9.17, 15) is 9.59 Å². The Labute approximate surface area is 112 Å². The molecule has 1 unspecified atom stereocenters. The van der Waals surface area contributed by atoms with Crippen LogP contribution in [0.2, 0.25) is 0 Å². The summed E-state index contributed by atoms with van der Waals surface area (Å²) < 4.78 is 5.00. The largest absolute Gasteiger partial charge is 0.459 e. The summed E-state index contributed by atoms with van der Waals surface area (Å²) in [5.41, 5.74) is 0. The van der Waals surface area contributed by atoms with E-state index in [1.165, 1.54) is 6.26 Å². The van der Waals surface area contributed by atoms with Gasteiger partial charge in [0.05, 0.1) is 6.26 Å². The van der Waals surface area contributed by atoms with E-state index in [1.807, 2.05) is 6.92 Å². The molecule has 6 nitrogen and oxygen atoms in total. The van der Waals surface area contributed by atoms with E-state index < -0.39 is 6.04 Å². The van der Waals surface area contributed by atoms with Crippen LogP contribution in [-0.2, 0) is 4.79 Å². The van der Waals surface area contributed by atoms with Crippen molar-refractivity contribution >= 4 is 11.8 Å². The number of piperazine rings is 1. The molecule has 1 aliphatic rings. The molecule has 0 bridgehead atoms. The molecule has 1 aromatic rings. The maximum atomic E-state index is 12.3. The van der Waals surface area contributed by atoms with E-state index in [4.69, 9.17) is 4.42 Å². The lowest BCUT2D eigenvalue weighted by Gasteiger charge is -2.35. The fourth-order valence-corrected chi connectivity index (χ4v) is 2.15. The number of hydrogen-bond donors (Lipinski definition) is 2. The maximum Gasteiger partial charge on any atom is 0.287 e. The SMILES string of the molecule is CC(NC(=O)c1ccco1)C(=O)N1CCNC[C@H]1C. The predicted molar refractivity (Wildman–Crippen MR) is 69.7 cm³/mol. The van der Waals surface area contributed by atoms with Crippen LogP contribution in [0.3, 0.4) is 0 Å². The van der Waals surface area contributed by atoms with Crippen LogP contribution in [-0.4, -0.2) is 48.4 Å². The lowest BCUT2D eigenvalue weighted by atomic mass is 10.1. The van der Waals surface area contributed by atoms with Gasteiger partial charge in [-0.3, -0.25) is 9.59 Å². The van der Waals surface area contributed by atoms with Gasteiger partial charge >= 0.3 is 0 Å². The van der Waals surface area contributed by atoms with Crippen LogP contribution < -0.4 is 10.6 Å².